The van der Waals surface area contributed by atoms with Crippen LogP contribution >= 0.6 is 11.3 Å². The fraction of sp³-hybridized carbons (Fsp3) is 0.385. The fourth-order valence-electron chi connectivity index (χ4n) is 1.77. The van der Waals surface area contributed by atoms with Crippen LogP contribution in [0.25, 0.3) is 10.6 Å². The van der Waals surface area contributed by atoms with Gasteiger partial charge in [-0.15, -0.1) is 10.2 Å². The first kappa shape index (κ1) is 15.5. The van der Waals surface area contributed by atoms with Gasteiger partial charge in [-0.2, -0.15) is 0 Å². The SMILES string of the molecule is COCCNCCc1nnc(-c2ccccc2[N+](=O)[O-])s1. The Kier molecular flexibility index (Phi) is 5.73. The average molecular weight is 308 g/mol. The van der Waals surface area contributed by atoms with Gasteiger partial charge in [-0.05, 0) is 6.07 Å². The molecule has 21 heavy (non-hydrogen) atoms. The Bertz CT molecular complexity index is 603. The van der Waals surface area contributed by atoms with Gasteiger partial charge in [0, 0.05) is 32.7 Å². The summed E-state index contributed by atoms with van der Waals surface area (Å²) in [6.07, 6.45) is 0.738. The maximum Gasteiger partial charge on any atom is 0.279 e. The monoisotopic (exact) mass is 308 g/mol. The van der Waals surface area contributed by atoms with Crippen LogP contribution in [0.2, 0.25) is 0 Å². The highest BCUT2D eigenvalue weighted by atomic mass is 32.1. The van der Waals surface area contributed by atoms with E-state index < -0.39 is 4.92 Å². The number of para-hydroxylation sites is 1. The molecular formula is C13H16N4O3S. The Morgan fingerprint density at radius 2 is 2.14 bits per heavy atom. The second kappa shape index (κ2) is 7.77. The van der Waals surface area contributed by atoms with E-state index in [0.717, 1.165) is 24.5 Å². The van der Waals surface area contributed by atoms with Crippen LogP contribution < -0.4 is 5.32 Å². The minimum atomic E-state index is -0.400. The minimum absolute atomic E-state index is 0.0541. The highest BCUT2D eigenvalue weighted by Gasteiger charge is 2.17. The summed E-state index contributed by atoms with van der Waals surface area (Å²) >= 11 is 1.38. The molecule has 1 heterocycles. The summed E-state index contributed by atoms with van der Waals surface area (Å²) in [6.45, 7) is 2.22. The maximum atomic E-state index is 11.0. The Balaban J connectivity index is 2.01. The zero-order valence-electron chi connectivity index (χ0n) is 11.6. The summed E-state index contributed by atoms with van der Waals surface area (Å²) < 4.78 is 4.94. The molecule has 0 radical (unpaired) electrons. The Morgan fingerprint density at radius 1 is 1.33 bits per heavy atom. The van der Waals surface area contributed by atoms with E-state index in [2.05, 4.69) is 15.5 Å². The molecule has 2 aromatic rings. The molecule has 0 aliphatic heterocycles. The molecule has 8 heteroatoms. The minimum Gasteiger partial charge on any atom is -0.383 e. The highest BCUT2D eigenvalue weighted by Crippen LogP contribution is 2.31. The van der Waals surface area contributed by atoms with Gasteiger partial charge in [0.15, 0.2) is 5.01 Å². The molecular weight excluding hydrogens is 292 g/mol. The molecule has 0 saturated heterocycles. The van der Waals surface area contributed by atoms with Gasteiger partial charge in [0.2, 0.25) is 0 Å². The van der Waals surface area contributed by atoms with Gasteiger partial charge in [0.1, 0.15) is 5.01 Å². The molecule has 0 amide bonds. The van der Waals surface area contributed by atoms with Crippen molar-refractivity contribution in [2.45, 2.75) is 6.42 Å². The lowest BCUT2D eigenvalue weighted by Gasteiger charge is -2.00. The molecule has 0 unspecified atom stereocenters. The van der Waals surface area contributed by atoms with Gasteiger partial charge >= 0.3 is 0 Å². The molecule has 112 valence electrons. The topological polar surface area (TPSA) is 90.2 Å². The van der Waals surface area contributed by atoms with E-state index in [0.29, 0.717) is 17.2 Å². The molecule has 0 atom stereocenters. The van der Waals surface area contributed by atoms with Crippen LogP contribution in [0.3, 0.4) is 0 Å². The molecule has 2 rings (SSSR count). The summed E-state index contributed by atoms with van der Waals surface area (Å²) in [6, 6.07) is 6.57. The molecule has 0 aliphatic rings. The van der Waals surface area contributed by atoms with E-state index in [4.69, 9.17) is 4.74 Å². The molecule has 1 N–H and O–H groups in total. The van der Waals surface area contributed by atoms with Crippen LogP contribution in [0.15, 0.2) is 24.3 Å². The number of benzene rings is 1. The quantitative estimate of drug-likeness (QED) is 0.455. The van der Waals surface area contributed by atoms with Crippen LogP contribution in [0.4, 0.5) is 5.69 Å². The number of methoxy groups -OCH3 is 1. The van der Waals surface area contributed by atoms with Crippen LogP contribution in [0.5, 0.6) is 0 Å². The summed E-state index contributed by atoms with van der Waals surface area (Å²) in [5.41, 5.74) is 0.567. The van der Waals surface area contributed by atoms with E-state index in [1.807, 2.05) is 0 Å². The number of nitro groups is 1. The lowest BCUT2D eigenvalue weighted by molar-refractivity contribution is -0.384. The number of rotatable bonds is 8. The second-order valence-electron chi connectivity index (χ2n) is 4.27. The van der Waals surface area contributed by atoms with Crippen molar-refractivity contribution in [1.29, 1.82) is 0 Å². The first-order valence-electron chi connectivity index (χ1n) is 6.48. The number of ether oxygens (including phenoxy) is 1. The van der Waals surface area contributed by atoms with Crippen LogP contribution in [-0.2, 0) is 11.2 Å². The van der Waals surface area contributed by atoms with Crippen LogP contribution in [0.1, 0.15) is 5.01 Å². The van der Waals surface area contributed by atoms with Crippen molar-refractivity contribution in [3.63, 3.8) is 0 Å². The Morgan fingerprint density at radius 3 is 2.90 bits per heavy atom. The molecule has 0 saturated carbocycles. The Labute approximate surface area is 126 Å². The number of hydrogen-bond acceptors (Lipinski definition) is 7. The number of nitrogens with one attached hydrogen (secondary N) is 1. The van der Waals surface area contributed by atoms with E-state index in [1.165, 1.54) is 17.4 Å². The van der Waals surface area contributed by atoms with E-state index >= 15 is 0 Å². The van der Waals surface area contributed by atoms with Gasteiger partial charge in [0.05, 0.1) is 17.1 Å². The van der Waals surface area contributed by atoms with Crippen LogP contribution in [-0.4, -0.2) is 41.9 Å². The van der Waals surface area contributed by atoms with Gasteiger partial charge in [-0.1, -0.05) is 23.5 Å². The lowest BCUT2D eigenvalue weighted by Crippen LogP contribution is -2.21. The van der Waals surface area contributed by atoms with Crippen molar-refractivity contribution >= 4 is 17.0 Å². The third kappa shape index (κ3) is 4.28. The van der Waals surface area contributed by atoms with Crippen molar-refractivity contribution in [3.05, 3.63) is 39.4 Å². The first-order valence-corrected chi connectivity index (χ1v) is 7.30. The smallest absolute Gasteiger partial charge is 0.279 e. The first-order chi connectivity index (χ1) is 10.2. The van der Waals surface area contributed by atoms with Gasteiger partial charge in [-0.3, -0.25) is 10.1 Å². The molecule has 0 aliphatic carbocycles. The largest absolute Gasteiger partial charge is 0.383 e. The molecule has 0 spiro atoms. The lowest BCUT2D eigenvalue weighted by atomic mass is 10.2. The fourth-order valence-corrected chi connectivity index (χ4v) is 2.64. The van der Waals surface area contributed by atoms with Gasteiger partial charge in [-0.25, -0.2) is 0 Å². The summed E-state index contributed by atoms with van der Waals surface area (Å²) in [5, 5.41) is 23.8. The van der Waals surface area contributed by atoms with Gasteiger partial charge < -0.3 is 10.1 Å². The van der Waals surface area contributed by atoms with Crippen molar-refractivity contribution in [1.82, 2.24) is 15.5 Å². The highest BCUT2D eigenvalue weighted by molar-refractivity contribution is 7.14. The second-order valence-corrected chi connectivity index (χ2v) is 5.33. The molecule has 7 nitrogen and oxygen atoms in total. The maximum absolute atomic E-state index is 11.0. The summed E-state index contributed by atoms with van der Waals surface area (Å²) in [4.78, 5) is 10.6. The molecule has 1 aromatic heterocycles. The Hall–Kier alpha value is -1.90. The van der Waals surface area contributed by atoms with Crippen LogP contribution in [0, 0.1) is 10.1 Å². The standard InChI is InChI=1S/C13H16N4O3S/c1-20-9-8-14-7-6-12-15-16-13(21-12)10-4-2-3-5-11(10)17(18)19/h2-5,14H,6-9H2,1H3. The number of nitrogens with zero attached hydrogens (tertiary/aromatic N) is 3. The number of nitro benzene ring substituents is 1. The molecule has 1 aromatic carbocycles. The third-order valence-electron chi connectivity index (χ3n) is 2.80. The van der Waals surface area contributed by atoms with Gasteiger partial charge in [0.25, 0.3) is 5.69 Å². The summed E-state index contributed by atoms with van der Waals surface area (Å²) in [7, 11) is 1.66. The van der Waals surface area contributed by atoms with E-state index in [9.17, 15) is 10.1 Å². The van der Waals surface area contributed by atoms with E-state index in [-0.39, 0.29) is 5.69 Å². The van der Waals surface area contributed by atoms with E-state index in [1.54, 1.807) is 25.3 Å². The number of hydrogen-bond donors (Lipinski definition) is 1. The van der Waals surface area contributed by atoms with Crippen molar-refractivity contribution < 1.29 is 9.66 Å². The summed E-state index contributed by atoms with van der Waals surface area (Å²) in [5.74, 6) is 0. The predicted octanol–water partition coefficient (Wildman–Crippen LogP) is 1.89. The van der Waals surface area contributed by atoms with Crippen molar-refractivity contribution in [2.24, 2.45) is 0 Å². The number of aromatic nitrogens is 2. The van der Waals surface area contributed by atoms with Crippen molar-refractivity contribution in [3.8, 4) is 10.6 Å². The third-order valence-corrected chi connectivity index (χ3v) is 3.81. The normalized spacial score (nSPS) is 10.7. The zero-order valence-corrected chi connectivity index (χ0v) is 12.4. The zero-order chi connectivity index (χ0) is 15.1. The predicted molar refractivity (Wildman–Crippen MR) is 80.4 cm³/mol. The molecule has 0 fully saturated rings. The average Bonchev–Trinajstić information content (AvgIpc) is 2.96. The van der Waals surface area contributed by atoms with Crippen molar-refractivity contribution in [2.75, 3.05) is 26.8 Å². The molecule has 0 bridgehead atoms.